The zero-order chi connectivity index (χ0) is 15.7. The second-order valence-electron chi connectivity index (χ2n) is 5.89. The number of hydrogen-bond donors (Lipinski definition) is 0. The first-order chi connectivity index (χ1) is 10.4. The fraction of sp³-hybridized carbons (Fsp3) is 0.643. The first-order valence-electron chi connectivity index (χ1n) is 7.34. The van der Waals surface area contributed by atoms with Gasteiger partial charge in [-0.25, -0.2) is 8.42 Å². The number of hydrogen-bond acceptors (Lipinski definition) is 5. The van der Waals surface area contributed by atoms with Gasteiger partial charge in [0, 0.05) is 38.6 Å². The molecule has 3 rings (SSSR count). The lowest BCUT2D eigenvalue weighted by molar-refractivity contribution is -0.0768. The standard InChI is InChI=1S/C14H20ClN3O3S/c1-22(19,20)18-4-5-21-14-2-3-17(10-13(14)18)9-11-6-12(15)8-16-7-11/h6-8,13-14H,2-5,9-10H2,1H3/t13-,14-/m1/s1. The lowest BCUT2D eigenvalue weighted by atomic mass is 10.00. The van der Waals surface area contributed by atoms with Gasteiger partial charge in [-0.2, -0.15) is 4.31 Å². The number of aromatic nitrogens is 1. The Balaban J connectivity index is 1.72. The van der Waals surface area contributed by atoms with Crippen LogP contribution in [0.15, 0.2) is 18.5 Å². The molecule has 0 aliphatic carbocycles. The number of pyridine rings is 1. The number of likely N-dealkylation sites (tertiary alicyclic amines) is 1. The van der Waals surface area contributed by atoms with E-state index in [1.165, 1.54) is 6.26 Å². The molecule has 2 aliphatic heterocycles. The van der Waals surface area contributed by atoms with Crippen molar-refractivity contribution < 1.29 is 13.2 Å². The minimum absolute atomic E-state index is 0.00258. The number of nitrogens with zero attached hydrogens (tertiary/aromatic N) is 3. The van der Waals surface area contributed by atoms with Gasteiger partial charge in [0.2, 0.25) is 10.0 Å². The van der Waals surface area contributed by atoms with Gasteiger partial charge in [-0.1, -0.05) is 11.6 Å². The van der Waals surface area contributed by atoms with Crippen molar-refractivity contribution in [3.05, 3.63) is 29.0 Å². The number of rotatable bonds is 3. The van der Waals surface area contributed by atoms with E-state index in [0.717, 1.165) is 18.5 Å². The molecule has 122 valence electrons. The molecular weight excluding hydrogens is 326 g/mol. The minimum atomic E-state index is -3.21. The largest absolute Gasteiger partial charge is 0.375 e. The smallest absolute Gasteiger partial charge is 0.211 e. The molecular formula is C14H20ClN3O3S. The van der Waals surface area contributed by atoms with E-state index in [1.807, 2.05) is 6.07 Å². The second kappa shape index (κ2) is 6.41. The van der Waals surface area contributed by atoms with Crippen LogP contribution in [0.2, 0.25) is 5.02 Å². The maximum Gasteiger partial charge on any atom is 0.211 e. The molecule has 2 fully saturated rings. The molecule has 1 aromatic heterocycles. The van der Waals surface area contributed by atoms with Gasteiger partial charge in [0.1, 0.15) is 0 Å². The Morgan fingerprint density at radius 2 is 2.23 bits per heavy atom. The van der Waals surface area contributed by atoms with Gasteiger partial charge in [0.25, 0.3) is 0 Å². The first-order valence-corrected chi connectivity index (χ1v) is 9.56. The van der Waals surface area contributed by atoms with Crippen molar-refractivity contribution >= 4 is 21.6 Å². The summed E-state index contributed by atoms with van der Waals surface area (Å²) in [6.07, 6.45) is 5.51. The van der Waals surface area contributed by atoms with E-state index < -0.39 is 10.0 Å². The quantitative estimate of drug-likeness (QED) is 0.817. The summed E-state index contributed by atoms with van der Waals surface area (Å²) >= 11 is 5.97. The third-order valence-electron chi connectivity index (χ3n) is 4.21. The zero-order valence-electron chi connectivity index (χ0n) is 12.5. The maximum absolute atomic E-state index is 12.0. The van der Waals surface area contributed by atoms with Crippen LogP contribution in [0.5, 0.6) is 0 Å². The van der Waals surface area contributed by atoms with Crippen molar-refractivity contribution in [3.8, 4) is 0 Å². The van der Waals surface area contributed by atoms with Gasteiger partial charge in [-0.15, -0.1) is 0 Å². The minimum Gasteiger partial charge on any atom is -0.375 e. The summed E-state index contributed by atoms with van der Waals surface area (Å²) in [5.41, 5.74) is 1.04. The third kappa shape index (κ3) is 3.60. The molecule has 0 saturated carbocycles. The lowest BCUT2D eigenvalue weighted by Crippen LogP contribution is -2.60. The lowest BCUT2D eigenvalue weighted by Gasteiger charge is -2.45. The van der Waals surface area contributed by atoms with Crippen molar-refractivity contribution in [3.63, 3.8) is 0 Å². The fourth-order valence-electron chi connectivity index (χ4n) is 3.26. The molecule has 2 atom stereocenters. The van der Waals surface area contributed by atoms with E-state index >= 15 is 0 Å². The Kier molecular flexibility index (Phi) is 4.70. The normalized spacial score (nSPS) is 27.5. The van der Waals surface area contributed by atoms with Crippen LogP contribution < -0.4 is 0 Å². The Morgan fingerprint density at radius 3 is 2.95 bits per heavy atom. The Morgan fingerprint density at radius 1 is 1.41 bits per heavy atom. The highest BCUT2D eigenvalue weighted by atomic mass is 35.5. The molecule has 6 nitrogen and oxygen atoms in total. The van der Waals surface area contributed by atoms with E-state index in [1.54, 1.807) is 16.7 Å². The van der Waals surface area contributed by atoms with E-state index in [9.17, 15) is 8.42 Å². The fourth-order valence-corrected chi connectivity index (χ4v) is 4.56. The number of fused-ring (bicyclic) bond motifs is 1. The van der Waals surface area contributed by atoms with E-state index in [0.29, 0.717) is 31.3 Å². The molecule has 0 unspecified atom stereocenters. The molecule has 2 saturated heterocycles. The summed E-state index contributed by atoms with van der Waals surface area (Å²) in [5.74, 6) is 0. The third-order valence-corrected chi connectivity index (χ3v) is 5.72. The van der Waals surface area contributed by atoms with Crippen molar-refractivity contribution in [2.45, 2.75) is 25.1 Å². The van der Waals surface area contributed by atoms with Gasteiger partial charge in [0.05, 0.1) is 30.0 Å². The summed E-state index contributed by atoms with van der Waals surface area (Å²) in [7, 11) is -3.21. The molecule has 0 spiro atoms. The monoisotopic (exact) mass is 345 g/mol. The van der Waals surface area contributed by atoms with E-state index in [2.05, 4.69) is 9.88 Å². The molecule has 3 heterocycles. The first kappa shape index (κ1) is 16.1. The summed E-state index contributed by atoms with van der Waals surface area (Å²) < 4.78 is 31.3. The SMILES string of the molecule is CS(=O)(=O)N1CCO[C@@H]2CCN(Cc3cncc(Cl)c3)C[C@H]21. The Bertz CT molecular complexity index is 640. The molecule has 0 N–H and O–H groups in total. The highest BCUT2D eigenvalue weighted by Crippen LogP contribution is 2.26. The van der Waals surface area contributed by atoms with Crippen LogP contribution in [0.4, 0.5) is 0 Å². The van der Waals surface area contributed by atoms with Gasteiger partial charge >= 0.3 is 0 Å². The van der Waals surface area contributed by atoms with Crippen LogP contribution in [0.25, 0.3) is 0 Å². The van der Waals surface area contributed by atoms with Crippen LogP contribution >= 0.6 is 11.6 Å². The molecule has 0 radical (unpaired) electrons. The predicted octanol–water partition coefficient (Wildman–Crippen LogP) is 0.970. The van der Waals surface area contributed by atoms with Gasteiger partial charge in [0.15, 0.2) is 0 Å². The van der Waals surface area contributed by atoms with Gasteiger partial charge in [-0.05, 0) is 18.1 Å². The van der Waals surface area contributed by atoms with Crippen LogP contribution in [0, 0.1) is 0 Å². The average molecular weight is 346 g/mol. The molecule has 0 aromatic carbocycles. The van der Waals surface area contributed by atoms with Crippen molar-refractivity contribution in [1.29, 1.82) is 0 Å². The van der Waals surface area contributed by atoms with E-state index in [4.69, 9.17) is 16.3 Å². The number of halogens is 1. The summed E-state index contributed by atoms with van der Waals surface area (Å²) in [4.78, 5) is 6.33. The number of piperidine rings is 1. The van der Waals surface area contributed by atoms with Crippen LogP contribution in [0.1, 0.15) is 12.0 Å². The Labute approximate surface area is 136 Å². The Hall–Kier alpha value is -0.730. The molecule has 0 bridgehead atoms. The number of morpholine rings is 1. The topological polar surface area (TPSA) is 62.7 Å². The summed E-state index contributed by atoms with van der Waals surface area (Å²) in [5, 5.41) is 0.617. The highest BCUT2D eigenvalue weighted by Gasteiger charge is 2.40. The maximum atomic E-state index is 12.0. The predicted molar refractivity (Wildman–Crippen MR) is 84.2 cm³/mol. The average Bonchev–Trinajstić information content (AvgIpc) is 2.45. The van der Waals surface area contributed by atoms with Crippen molar-refractivity contribution in [1.82, 2.24) is 14.2 Å². The van der Waals surface area contributed by atoms with Crippen LogP contribution in [-0.2, 0) is 21.3 Å². The summed E-state index contributed by atoms with van der Waals surface area (Å²) in [6, 6.07) is 1.79. The van der Waals surface area contributed by atoms with Crippen molar-refractivity contribution in [2.75, 3.05) is 32.5 Å². The molecule has 2 aliphatic rings. The molecule has 0 amide bonds. The van der Waals surface area contributed by atoms with Crippen molar-refractivity contribution in [2.24, 2.45) is 0 Å². The number of ether oxygens (including phenoxy) is 1. The second-order valence-corrected chi connectivity index (χ2v) is 8.26. The molecule has 8 heteroatoms. The number of sulfonamides is 1. The molecule has 1 aromatic rings. The van der Waals surface area contributed by atoms with Crippen LogP contribution in [-0.4, -0.2) is 67.2 Å². The van der Waals surface area contributed by atoms with Gasteiger partial charge < -0.3 is 4.74 Å². The highest BCUT2D eigenvalue weighted by molar-refractivity contribution is 7.88. The summed E-state index contributed by atoms with van der Waals surface area (Å²) in [6.45, 7) is 3.18. The van der Waals surface area contributed by atoms with Crippen LogP contribution in [0.3, 0.4) is 0 Å². The van der Waals surface area contributed by atoms with Gasteiger partial charge in [-0.3, -0.25) is 9.88 Å². The zero-order valence-corrected chi connectivity index (χ0v) is 14.1. The van der Waals surface area contributed by atoms with E-state index in [-0.39, 0.29) is 12.1 Å². The molecule has 22 heavy (non-hydrogen) atoms.